The number of amides is 2. The van der Waals surface area contributed by atoms with Crippen LogP contribution in [0, 0.1) is 0 Å². The lowest BCUT2D eigenvalue weighted by Gasteiger charge is -2.17. The fourth-order valence-corrected chi connectivity index (χ4v) is 5.16. The molecule has 1 heterocycles. The minimum atomic E-state index is -0.412. The van der Waals surface area contributed by atoms with Crippen molar-refractivity contribution in [2.75, 3.05) is 32.8 Å². The van der Waals surface area contributed by atoms with Crippen LogP contribution < -0.4 is 25.0 Å². The Morgan fingerprint density at radius 2 is 1.76 bits per heavy atom. The van der Waals surface area contributed by atoms with Crippen molar-refractivity contribution in [3.8, 4) is 17.2 Å². The second kappa shape index (κ2) is 14.3. The summed E-state index contributed by atoms with van der Waals surface area (Å²) in [6.07, 6.45) is 4.18. The van der Waals surface area contributed by atoms with Gasteiger partial charge in [0.05, 0.1) is 32.0 Å². The number of hydrogen-bond donors (Lipinski definition) is 2. The van der Waals surface area contributed by atoms with E-state index in [1.807, 2.05) is 30.3 Å². The minimum Gasteiger partial charge on any atom is -0.493 e. The van der Waals surface area contributed by atoms with Crippen LogP contribution in [-0.4, -0.2) is 54.7 Å². The standard InChI is InChI=1S/C30H30N4O5S2/c1-4-22-7-5-6-8-24(22)31-19-34-29(36)27(41-30(34)40)16-20-9-12-23(13-10-20)39-18-28(35)33-32-17-21-11-14-25(37-2)26(15-21)38-3/h5-17,31H,4,18-19H2,1-3H3,(H,33,35). The molecular weight excluding hydrogens is 560 g/mol. The lowest BCUT2D eigenvalue weighted by atomic mass is 10.1. The molecule has 1 saturated heterocycles. The van der Waals surface area contributed by atoms with Gasteiger partial charge in [-0.1, -0.05) is 61.2 Å². The van der Waals surface area contributed by atoms with E-state index in [9.17, 15) is 9.59 Å². The van der Waals surface area contributed by atoms with Gasteiger partial charge in [0.1, 0.15) is 10.1 Å². The van der Waals surface area contributed by atoms with E-state index in [4.69, 9.17) is 26.4 Å². The Kier molecular flexibility index (Phi) is 10.4. The zero-order valence-corrected chi connectivity index (χ0v) is 24.5. The summed E-state index contributed by atoms with van der Waals surface area (Å²) in [5.41, 5.74) is 6.14. The summed E-state index contributed by atoms with van der Waals surface area (Å²) in [7, 11) is 3.10. The molecule has 0 aromatic heterocycles. The molecule has 0 radical (unpaired) electrons. The van der Waals surface area contributed by atoms with Gasteiger partial charge in [0, 0.05) is 5.69 Å². The number of carbonyl (C=O) groups is 2. The van der Waals surface area contributed by atoms with Gasteiger partial charge in [-0.25, -0.2) is 5.43 Å². The SMILES string of the molecule is CCc1ccccc1NCN1C(=O)C(=Cc2ccc(OCC(=O)NN=Cc3ccc(OC)c(OC)c3)cc2)SC1=S. The Hall–Kier alpha value is -4.35. The normalized spacial score (nSPS) is 14.0. The molecule has 41 heavy (non-hydrogen) atoms. The predicted molar refractivity (Wildman–Crippen MR) is 167 cm³/mol. The molecule has 0 aliphatic carbocycles. The van der Waals surface area contributed by atoms with Crippen molar-refractivity contribution < 1.29 is 23.8 Å². The van der Waals surface area contributed by atoms with Crippen LogP contribution in [0.4, 0.5) is 5.69 Å². The van der Waals surface area contributed by atoms with Crippen molar-refractivity contribution in [1.29, 1.82) is 0 Å². The third-order valence-corrected chi connectivity index (χ3v) is 7.44. The van der Waals surface area contributed by atoms with Gasteiger partial charge in [-0.15, -0.1) is 0 Å². The van der Waals surface area contributed by atoms with E-state index in [1.54, 1.807) is 55.5 Å². The number of hydrogen-bond acceptors (Lipinski definition) is 9. The van der Waals surface area contributed by atoms with E-state index in [-0.39, 0.29) is 12.5 Å². The molecule has 0 saturated carbocycles. The highest BCUT2D eigenvalue weighted by Gasteiger charge is 2.31. The molecule has 212 valence electrons. The first kappa shape index (κ1) is 29.6. The van der Waals surface area contributed by atoms with Crippen molar-refractivity contribution in [1.82, 2.24) is 10.3 Å². The molecule has 2 N–H and O–H groups in total. The molecule has 3 aromatic carbocycles. The molecule has 0 spiro atoms. The van der Waals surface area contributed by atoms with Crippen LogP contribution in [0.15, 0.2) is 76.7 Å². The molecule has 1 aliphatic heterocycles. The molecule has 4 rings (SSSR count). The fraction of sp³-hybridized carbons (Fsp3) is 0.200. The molecule has 0 unspecified atom stereocenters. The minimum absolute atomic E-state index is 0.146. The first-order valence-corrected chi connectivity index (χ1v) is 14.0. The van der Waals surface area contributed by atoms with E-state index in [1.165, 1.54) is 23.5 Å². The van der Waals surface area contributed by atoms with Crippen LogP contribution in [0.2, 0.25) is 0 Å². The molecule has 1 fully saturated rings. The summed E-state index contributed by atoms with van der Waals surface area (Å²) in [6.45, 7) is 2.17. The Morgan fingerprint density at radius 3 is 2.49 bits per heavy atom. The summed E-state index contributed by atoms with van der Waals surface area (Å²) in [4.78, 5) is 27.2. The third-order valence-electron chi connectivity index (χ3n) is 6.06. The van der Waals surface area contributed by atoms with E-state index in [0.29, 0.717) is 33.1 Å². The lowest BCUT2D eigenvalue weighted by Crippen LogP contribution is -2.33. The van der Waals surface area contributed by atoms with Gasteiger partial charge in [-0.3, -0.25) is 14.5 Å². The number of thioether (sulfide) groups is 1. The maximum Gasteiger partial charge on any atom is 0.277 e. The maximum atomic E-state index is 13.0. The van der Waals surface area contributed by atoms with Crippen molar-refractivity contribution in [2.45, 2.75) is 13.3 Å². The molecule has 1 aliphatic rings. The molecule has 3 aromatic rings. The second-order valence-corrected chi connectivity index (χ2v) is 10.4. The Morgan fingerprint density at radius 1 is 1.02 bits per heavy atom. The number of benzene rings is 3. The third kappa shape index (κ3) is 7.86. The average molecular weight is 591 g/mol. The molecule has 11 heteroatoms. The summed E-state index contributed by atoms with van der Waals surface area (Å²) in [5, 5.41) is 7.27. The van der Waals surface area contributed by atoms with Crippen LogP contribution in [-0.2, 0) is 16.0 Å². The number of nitrogens with one attached hydrogen (secondary N) is 2. The summed E-state index contributed by atoms with van der Waals surface area (Å²) < 4.78 is 16.5. The van der Waals surface area contributed by atoms with Crippen LogP contribution in [0.5, 0.6) is 17.2 Å². The number of rotatable bonds is 12. The first-order chi connectivity index (χ1) is 19.9. The largest absolute Gasteiger partial charge is 0.493 e. The highest BCUT2D eigenvalue weighted by molar-refractivity contribution is 8.26. The van der Waals surface area contributed by atoms with Gasteiger partial charge in [-0.2, -0.15) is 5.10 Å². The number of anilines is 1. The molecule has 0 atom stereocenters. The van der Waals surface area contributed by atoms with Crippen molar-refractivity contribution in [2.24, 2.45) is 5.10 Å². The second-order valence-electron chi connectivity index (χ2n) is 8.72. The van der Waals surface area contributed by atoms with E-state index in [2.05, 4.69) is 28.8 Å². The Balaban J connectivity index is 1.27. The summed E-state index contributed by atoms with van der Waals surface area (Å²) in [5.74, 6) is 1.11. The molecular formula is C30H30N4O5S2. The van der Waals surface area contributed by atoms with Crippen LogP contribution in [0.3, 0.4) is 0 Å². The van der Waals surface area contributed by atoms with E-state index in [0.717, 1.165) is 23.2 Å². The quantitative estimate of drug-likeness (QED) is 0.131. The number of carbonyl (C=O) groups excluding carboxylic acids is 2. The Bertz CT molecular complexity index is 1470. The number of para-hydroxylation sites is 1. The van der Waals surface area contributed by atoms with Gasteiger partial charge in [-0.05, 0) is 65.6 Å². The average Bonchev–Trinajstić information content (AvgIpc) is 3.26. The molecule has 2 amide bonds. The lowest BCUT2D eigenvalue weighted by molar-refractivity contribution is -0.123. The van der Waals surface area contributed by atoms with E-state index < -0.39 is 5.91 Å². The first-order valence-electron chi connectivity index (χ1n) is 12.8. The van der Waals surface area contributed by atoms with Gasteiger partial charge >= 0.3 is 0 Å². The number of nitrogens with zero attached hydrogens (tertiary/aromatic N) is 2. The number of hydrazone groups is 1. The van der Waals surface area contributed by atoms with Crippen molar-refractivity contribution in [3.05, 3.63) is 88.3 Å². The monoisotopic (exact) mass is 590 g/mol. The van der Waals surface area contributed by atoms with Crippen molar-refractivity contribution >= 4 is 58.1 Å². The Labute approximate surface area is 248 Å². The van der Waals surface area contributed by atoms with Gasteiger partial charge in [0.25, 0.3) is 11.8 Å². The number of thiocarbonyl (C=S) groups is 1. The molecule has 0 bridgehead atoms. The van der Waals surface area contributed by atoms with Crippen LogP contribution >= 0.6 is 24.0 Å². The highest BCUT2D eigenvalue weighted by Crippen LogP contribution is 2.33. The van der Waals surface area contributed by atoms with Crippen LogP contribution in [0.25, 0.3) is 6.08 Å². The predicted octanol–water partition coefficient (Wildman–Crippen LogP) is 5.07. The topological polar surface area (TPSA) is 101 Å². The highest BCUT2D eigenvalue weighted by atomic mass is 32.2. The number of methoxy groups -OCH3 is 2. The van der Waals surface area contributed by atoms with Gasteiger partial charge < -0.3 is 19.5 Å². The van der Waals surface area contributed by atoms with Gasteiger partial charge in [0.15, 0.2) is 18.1 Å². The smallest absolute Gasteiger partial charge is 0.277 e. The summed E-state index contributed by atoms with van der Waals surface area (Å²) >= 11 is 6.72. The van der Waals surface area contributed by atoms with Crippen molar-refractivity contribution in [3.63, 3.8) is 0 Å². The molecule has 9 nitrogen and oxygen atoms in total. The fourth-order valence-electron chi connectivity index (χ4n) is 3.91. The van der Waals surface area contributed by atoms with E-state index >= 15 is 0 Å². The zero-order chi connectivity index (χ0) is 29.2. The van der Waals surface area contributed by atoms with Gasteiger partial charge in [0.2, 0.25) is 0 Å². The number of ether oxygens (including phenoxy) is 3. The maximum absolute atomic E-state index is 13.0. The zero-order valence-electron chi connectivity index (χ0n) is 22.9. The summed E-state index contributed by atoms with van der Waals surface area (Å²) in [6, 6.07) is 20.4. The number of aryl methyl sites for hydroxylation is 1. The van der Waals surface area contributed by atoms with Crippen LogP contribution in [0.1, 0.15) is 23.6 Å².